The molecular formula is C17H28N2. The molecule has 0 spiro atoms. The van der Waals surface area contributed by atoms with Crippen molar-refractivity contribution in [3.8, 4) is 0 Å². The highest BCUT2D eigenvalue weighted by molar-refractivity contribution is 5.22. The summed E-state index contributed by atoms with van der Waals surface area (Å²) in [5, 5.41) is 3.68. The number of hydrogen-bond acceptors (Lipinski definition) is 2. The van der Waals surface area contributed by atoms with E-state index in [4.69, 9.17) is 0 Å². The fourth-order valence-electron chi connectivity index (χ4n) is 3.02. The number of hydrogen-bond donors (Lipinski definition) is 1. The number of rotatable bonds is 5. The van der Waals surface area contributed by atoms with E-state index in [0.717, 1.165) is 0 Å². The topological polar surface area (TPSA) is 15.3 Å². The fourth-order valence-corrected chi connectivity index (χ4v) is 3.02. The average Bonchev–Trinajstić information content (AvgIpc) is 2.36. The van der Waals surface area contributed by atoms with Crippen LogP contribution < -0.4 is 5.32 Å². The molecule has 2 heteroatoms. The van der Waals surface area contributed by atoms with Crippen LogP contribution in [0.1, 0.15) is 37.8 Å². The van der Waals surface area contributed by atoms with Crippen molar-refractivity contribution in [1.29, 1.82) is 0 Å². The number of aryl methyl sites for hydroxylation is 1. The van der Waals surface area contributed by atoms with Crippen LogP contribution in [-0.4, -0.2) is 36.6 Å². The molecule has 1 aliphatic rings. The third-order valence-electron chi connectivity index (χ3n) is 3.87. The normalized spacial score (nSPS) is 20.9. The molecule has 1 saturated heterocycles. The van der Waals surface area contributed by atoms with Crippen molar-refractivity contribution >= 4 is 0 Å². The summed E-state index contributed by atoms with van der Waals surface area (Å²) < 4.78 is 0. The zero-order valence-corrected chi connectivity index (χ0v) is 12.7. The Labute approximate surface area is 118 Å². The standard InChI is InChI=1S/C17H28N2/c1-14(2)18-17-8-5-10-19(13-17)11-9-16-7-4-6-15(3)12-16/h4,6-7,12,14,17-18H,5,8-11,13H2,1-3H3. The summed E-state index contributed by atoms with van der Waals surface area (Å²) in [6, 6.07) is 10.2. The van der Waals surface area contributed by atoms with Crippen LogP contribution in [0.25, 0.3) is 0 Å². The summed E-state index contributed by atoms with van der Waals surface area (Å²) in [4.78, 5) is 2.62. The van der Waals surface area contributed by atoms with Crippen molar-refractivity contribution in [3.05, 3.63) is 35.4 Å². The first kappa shape index (κ1) is 14.5. The van der Waals surface area contributed by atoms with E-state index in [2.05, 4.69) is 55.3 Å². The molecule has 106 valence electrons. The molecule has 1 aromatic carbocycles. The van der Waals surface area contributed by atoms with Crippen molar-refractivity contribution in [2.45, 2.75) is 52.1 Å². The van der Waals surface area contributed by atoms with Gasteiger partial charge in [0.05, 0.1) is 0 Å². The Kier molecular flexibility index (Phi) is 5.41. The van der Waals surface area contributed by atoms with Crippen LogP contribution in [0.4, 0.5) is 0 Å². The van der Waals surface area contributed by atoms with Crippen molar-refractivity contribution in [3.63, 3.8) is 0 Å². The number of benzene rings is 1. The summed E-state index contributed by atoms with van der Waals surface area (Å²) in [7, 11) is 0. The van der Waals surface area contributed by atoms with Crippen LogP contribution >= 0.6 is 0 Å². The Bertz CT molecular complexity index is 387. The van der Waals surface area contributed by atoms with Gasteiger partial charge in [0, 0.05) is 25.2 Å². The predicted molar refractivity (Wildman–Crippen MR) is 82.6 cm³/mol. The predicted octanol–water partition coefficient (Wildman–Crippen LogP) is 3.00. The van der Waals surface area contributed by atoms with Crippen molar-refractivity contribution < 1.29 is 0 Å². The van der Waals surface area contributed by atoms with Gasteiger partial charge < -0.3 is 10.2 Å². The van der Waals surface area contributed by atoms with Gasteiger partial charge in [-0.05, 0) is 38.3 Å². The third-order valence-corrected chi connectivity index (χ3v) is 3.87. The van der Waals surface area contributed by atoms with E-state index in [-0.39, 0.29) is 0 Å². The van der Waals surface area contributed by atoms with E-state index in [1.807, 2.05) is 0 Å². The minimum atomic E-state index is 0.599. The molecule has 2 rings (SSSR count). The van der Waals surface area contributed by atoms with Crippen LogP contribution in [0.5, 0.6) is 0 Å². The molecule has 1 N–H and O–H groups in total. The summed E-state index contributed by atoms with van der Waals surface area (Å²) in [6.45, 7) is 10.3. The first-order chi connectivity index (χ1) is 9.13. The zero-order valence-electron chi connectivity index (χ0n) is 12.7. The molecule has 0 radical (unpaired) electrons. The molecule has 0 bridgehead atoms. The second kappa shape index (κ2) is 7.06. The van der Waals surface area contributed by atoms with Gasteiger partial charge in [0.1, 0.15) is 0 Å². The molecule has 1 atom stereocenters. The lowest BCUT2D eigenvalue weighted by molar-refractivity contribution is 0.187. The van der Waals surface area contributed by atoms with Gasteiger partial charge in [0.2, 0.25) is 0 Å². The van der Waals surface area contributed by atoms with Crippen molar-refractivity contribution in [2.24, 2.45) is 0 Å². The van der Waals surface area contributed by atoms with E-state index in [1.165, 1.54) is 50.0 Å². The van der Waals surface area contributed by atoms with Gasteiger partial charge >= 0.3 is 0 Å². The number of piperidine rings is 1. The first-order valence-corrected chi connectivity index (χ1v) is 7.67. The van der Waals surface area contributed by atoms with Crippen LogP contribution in [0.15, 0.2) is 24.3 Å². The van der Waals surface area contributed by atoms with Gasteiger partial charge in [-0.2, -0.15) is 0 Å². The monoisotopic (exact) mass is 260 g/mol. The molecule has 1 aliphatic heterocycles. The summed E-state index contributed by atoms with van der Waals surface area (Å²) in [5.74, 6) is 0. The van der Waals surface area contributed by atoms with E-state index in [1.54, 1.807) is 0 Å². The summed E-state index contributed by atoms with van der Waals surface area (Å²) in [5.41, 5.74) is 2.84. The fraction of sp³-hybridized carbons (Fsp3) is 0.647. The molecule has 0 aliphatic carbocycles. The maximum atomic E-state index is 3.68. The highest BCUT2D eigenvalue weighted by Crippen LogP contribution is 2.12. The van der Waals surface area contributed by atoms with Crippen LogP contribution in [-0.2, 0) is 6.42 Å². The molecule has 1 aromatic rings. The second-order valence-corrected chi connectivity index (χ2v) is 6.20. The van der Waals surface area contributed by atoms with Gasteiger partial charge in [-0.1, -0.05) is 43.7 Å². The van der Waals surface area contributed by atoms with Gasteiger partial charge in [-0.25, -0.2) is 0 Å². The number of likely N-dealkylation sites (tertiary alicyclic amines) is 1. The molecule has 0 aromatic heterocycles. The maximum Gasteiger partial charge on any atom is 0.0197 e. The van der Waals surface area contributed by atoms with Crippen LogP contribution in [0, 0.1) is 6.92 Å². The van der Waals surface area contributed by atoms with Crippen molar-refractivity contribution in [2.75, 3.05) is 19.6 Å². The average molecular weight is 260 g/mol. The van der Waals surface area contributed by atoms with Gasteiger partial charge in [-0.3, -0.25) is 0 Å². The van der Waals surface area contributed by atoms with E-state index >= 15 is 0 Å². The Balaban J connectivity index is 1.79. The maximum absolute atomic E-state index is 3.68. The molecule has 1 heterocycles. The Morgan fingerprint density at radius 1 is 1.37 bits per heavy atom. The summed E-state index contributed by atoms with van der Waals surface area (Å²) in [6.07, 6.45) is 3.84. The van der Waals surface area contributed by atoms with Crippen LogP contribution in [0.2, 0.25) is 0 Å². The zero-order chi connectivity index (χ0) is 13.7. The highest BCUT2D eigenvalue weighted by atomic mass is 15.2. The molecule has 0 amide bonds. The lowest BCUT2D eigenvalue weighted by Gasteiger charge is -2.34. The largest absolute Gasteiger partial charge is 0.311 e. The number of nitrogens with one attached hydrogen (secondary N) is 1. The lowest BCUT2D eigenvalue weighted by Crippen LogP contribution is -2.48. The Hall–Kier alpha value is -0.860. The quantitative estimate of drug-likeness (QED) is 0.875. The molecule has 1 fully saturated rings. The van der Waals surface area contributed by atoms with E-state index < -0.39 is 0 Å². The minimum Gasteiger partial charge on any atom is -0.311 e. The smallest absolute Gasteiger partial charge is 0.0197 e. The van der Waals surface area contributed by atoms with Gasteiger partial charge in [0.25, 0.3) is 0 Å². The lowest BCUT2D eigenvalue weighted by atomic mass is 10.0. The second-order valence-electron chi connectivity index (χ2n) is 6.20. The van der Waals surface area contributed by atoms with E-state index in [0.29, 0.717) is 12.1 Å². The third kappa shape index (κ3) is 4.96. The first-order valence-electron chi connectivity index (χ1n) is 7.67. The van der Waals surface area contributed by atoms with Crippen molar-refractivity contribution in [1.82, 2.24) is 10.2 Å². The van der Waals surface area contributed by atoms with Crippen LogP contribution in [0.3, 0.4) is 0 Å². The van der Waals surface area contributed by atoms with E-state index in [9.17, 15) is 0 Å². The molecule has 2 nitrogen and oxygen atoms in total. The SMILES string of the molecule is Cc1cccc(CCN2CCCC(NC(C)C)C2)c1. The Morgan fingerprint density at radius 3 is 2.95 bits per heavy atom. The molecular weight excluding hydrogens is 232 g/mol. The molecule has 0 saturated carbocycles. The highest BCUT2D eigenvalue weighted by Gasteiger charge is 2.19. The summed E-state index contributed by atoms with van der Waals surface area (Å²) >= 11 is 0. The van der Waals surface area contributed by atoms with Gasteiger partial charge in [0.15, 0.2) is 0 Å². The molecule has 1 unspecified atom stereocenters. The molecule has 19 heavy (non-hydrogen) atoms. The Morgan fingerprint density at radius 2 is 2.21 bits per heavy atom. The number of nitrogens with zero attached hydrogens (tertiary/aromatic N) is 1. The van der Waals surface area contributed by atoms with Gasteiger partial charge in [-0.15, -0.1) is 0 Å². The minimum absolute atomic E-state index is 0.599.